The number of esters is 1. The molecule has 0 aliphatic heterocycles. The van der Waals surface area contributed by atoms with Gasteiger partial charge in [0.2, 0.25) is 0 Å². The van der Waals surface area contributed by atoms with Crippen LogP contribution in [0, 0.1) is 0 Å². The molecular formula is C20H25NO5S. The summed E-state index contributed by atoms with van der Waals surface area (Å²) in [5.41, 5.74) is 1.70. The van der Waals surface area contributed by atoms with Gasteiger partial charge in [-0.25, -0.2) is 4.79 Å². The number of aryl methyl sites for hydroxylation is 2. The molecule has 1 N–H and O–H groups in total. The number of carbonyl (C=O) groups is 2. The Kier molecular flexibility index (Phi) is 7.67. The number of rotatable bonds is 9. The van der Waals surface area contributed by atoms with Crippen molar-refractivity contribution in [3.05, 3.63) is 39.6 Å². The highest BCUT2D eigenvalue weighted by Gasteiger charge is 2.16. The molecule has 0 atom stereocenters. The van der Waals surface area contributed by atoms with E-state index in [-0.39, 0.29) is 6.61 Å². The summed E-state index contributed by atoms with van der Waals surface area (Å²) in [6, 6.07) is 6.88. The molecule has 1 heterocycles. The summed E-state index contributed by atoms with van der Waals surface area (Å²) in [7, 11) is 3.06. The Morgan fingerprint density at radius 2 is 1.81 bits per heavy atom. The number of amides is 1. The zero-order chi connectivity index (χ0) is 19.8. The fourth-order valence-electron chi connectivity index (χ4n) is 2.62. The SMILES string of the molecule is CCCc1sc(C(=O)OCC(=O)Nc2ccc(OC)c(OC)c2)cc1CC. The Morgan fingerprint density at radius 1 is 1.07 bits per heavy atom. The fraction of sp³-hybridized carbons (Fsp3) is 0.400. The summed E-state index contributed by atoms with van der Waals surface area (Å²) in [5, 5.41) is 2.67. The lowest BCUT2D eigenvalue weighted by atomic mass is 10.1. The van der Waals surface area contributed by atoms with Crippen LogP contribution >= 0.6 is 11.3 Å². The Morgan fingerprint density at radius 3 is 2.44 bits per heavy atom. The van der Waals surface area contributed by atoms with Crippen molar-refractivity contribution in [3.63, 3.8) is 0 Å². The molecule has 0 radical (unpaired) electrons. The van der Waals surface area contributed by atoms with Gasteiger partial charge in [-0.05, 0) is 36.6 Å². The van der Waals surface area contributed by atoms with E-state index >= 15 is 0 Å². The van der Waals surface area contributed by atoms with E-state index < -0.39 is 11.9 Å². The van der Waals surface area contributed by atoms with E-state index in [9.17, 15) is 9.59 Å². The molecule has 7 heteroatoms. The second-order valence-electron chi connectivity index (χ2n) is 5.86. The lowest BCUT2D eigenvalue weighted by molar-refractivity contribution is -0.119. The molecule has 0 saturated carbocycles. The number of carbonyl (C=O) groups excluding carboxylic acids is 2. The van der Waals surface area contributed by atoms with Gasteiger partial charge in [0, 0.05) is 16.6 Å². The van der Waals surface area contributed by atoms with Crippen molar-refractivity contribution in [2.75, 3.05) is 26.1 Å². The number of hydrogen-bond donors (Lipinski definition) is 1. The summed E-state index contributed by atoms with van der Waals surface area (Å²) in [4.78, 5) is 26.1. The first kappa shape index (κ1) is 20.8. The van der Waals surface area contributed by atoms with Crippen LogP contribution in [0.2, 0.25) is 0 Å². The first-order valence-corrected chi connectivity index (χ1v) is 9.64. The maximum atomic E-state index is 12.2. The predicted molar refractivity (Wildman–Crippen MR) is 106 cm³/mol. The van der Waals surface area contributed by atoms with Gasteiger partial charge >= 0.3 is 5.97 Å². The van der Waals surface area contributed by atoms with Gasteiger partial charge in [0.15, 0.2) is 18.1 Å². The molecule has 0 aliphatic carbocycles. The molecule has 1 aromatic heterocycles. The van der Waals surface area contributed by atoms with Crippen LogP contribution in [0.3, 0.4) is 0 Å². The Bertz CT molecular complexity index is 800. The molecule has 1 aromatic carbocycles. The zero-order valence-corrected chi connectivity index (χ0v) is 16.9. The molecule has 0 aliphatic rings. The van der Waals surface area contributed by atoms with Crippen molar-refractivity contribution in [2.24, 2.45) is 0 Å². The summed E-state index contributed by atoms with van der Waals surface area (Å²) < 4.78 is 15.5. The van der Waals surface area contributed by atoms with Crippen LogP contribution in [0.4, 0.5) is 5.69 Å². The normalized spacial score (nSPS) is 10.4. The van der Waals surface area contributed by atoms with E-state index in [0.717, 1.165) is 19.3 Å². The van der Waals surface area contributed by atoms with Crippen LogP contribution in [0.1, 0.15) is 40.4 Å². The maximum Gasteiger partial charge on any atom is 0.348 e. The second-order valence-corrected chi connectivity index (χ2v) is 6.99. The standard InChI is InChI=1S/C20H25NO5S/c1-5-7-17-13(6-2)10-18(27-17)20(23)26-12-19(22)21-14-8-9-15(24-3)16(11-14)25-4/h8-11H,5-7,12H2,1-4H3,(H,21,22). The van der Waals surface area contributed by atoms with E-state index in [1.54, 1.807) is 18.2 Å². The average molecular weight is 391 g/mol. The largest absolute Gasteiger partial charge is 0.493 e. The van der Waals surface area contributed by atoms with Crippen LogP contribution in [0.15, 0.2) is 24.3 Å². The molecule has 6 nitrogen and oxygen atoms in total. The lowest BCUT2D eigenvalue weighted by Crippen LogP contribution is -2.20. The van der Waals surface area contributed by atoms with Gasteiger partial charge in [-0.3, -0.25) is 4.79 Å². The molecule has 0 fully saturated rings. The van der Waals surface area contributed by atoms with Gasteiger partial charge in [0.25, 0.3) is 5.91 Å². The highest BCUT2D eigenvalue weighted by Crippen LogP contribution is 2.29. The number of nitrogens with one attached hydrogen (secondary N) is 1. The molecule has 2 aromatic rings. The summed E-state index contributed by atoms with van der Waals surface area (Å²) >= 11 is 1.44. The zero-order valence-electron chi connectivity index (χ0n) is 16.1. The molecule has 1 amide bonds. The number of ether oxygens (including phenoxy) is 3. The van der Waals surface area contributed by atoms with Crippen molar-refractivity contribution < 1.29 is 23.8 Å². The van der Waals surface area contributed by atoms with Crippen molar-refractivity contribution in [3.8, 4) is 11.5 Å². The highest BCUT2D eigenvalue weighted by atomic mass is 32.1. The van der Waals surface area contributed by atoms with Crippen LogP contribution in [-0.4, -0.2) is 32.7 Å². The van der Waals surface area contributed by atoms with Crippen molar-refractivity contribution >= 4 is 28.9 Å². The van der Waals surface area contributed by atoms with Gasteiger partial charge in [0.1, 0.15) is 4.88 Å². The first-order valence-electron chi connectivity index (χ1n) is 8.82. The molecule has 0 unspecified atom stereocenters. The summed E-state index contributed by atoms with van der Waals surface area (Å²) in [5.74, 6) is 0.173. The van der Waals surface area contributed by atoms with Crippen molar-refractivity contribution in [1.29, 1.82) is 0 Å². The minimum Gasteiger partial charge on any atom is -0.493 e. The van der Waals surface area contributed by atoms with E-state index in [1.807, 2.05) is 6.07 Å². The number of methoxy groups -OCH3 is 2. The lowest BCUT2D eigenvalue weighted by Gasteiger charge is -2.10. The number of anilines is 1. The van der Waals surface area contributed by atoms with Crippen LogP contribution < -0.4 is 14.8 Å². The van der Waals surface area contributed by atoms with Crippen LogP contribution in [-0.2, 0) is 22.4 Å². The van der Waals surface area contributed by atoms with Gasteiger partial charge in [-0.2, -0.15) is 0 Å². The molecule has 27 heavy (non-hydrogen) atoms. The average Bonchev–Trinajstić information content (AvgIpc) is 3.09. The third-order valence-electron chi connectivity index (χ3n) is 3.96. The van der Waals surface area contributed by atoms with Crippen molar-refractivity contribution in [1.82, 2.24) is 0 Å². The second kappa shape index (κ2) is 9.97. The molecule has 0 spiro atoms. The minimum absolute atomic E-state index is 0.352. The molecular weight excluding hydrogens is 366 g/mol. The smallest absolute Gasteiger partial charge is 0.348 e. The topological polar surface area (TPSA) is 73.9 Å². The Balaban J connectivity index is 1.94. The van der Waals surface area contributed by atoms with Gasteiger partial charge < -0.3 is 19.5 Å². The van der Waals surface area contributed by atoms with E-state index in [0.29, 0.717) is 22.1 Å². The van der Waals surface area contributed by atoms with Crippen LogP contribution in [0.25, 0.3) is 0 Å². The summed E-state index contributed by atoms with van der Waals surface area (Å²) in [6.45, 7) is 3.82. The van der Waals surface area contributed by atoms with Gasteiger partial charge in [-0.15, -0.1) is 11.3 Å². The third-order valence-corrected chi connectivity index (χ3v) is 5.17. The Hall–Kier alpha value is -2.54. The van der Waals surface area contributed by atoms with E-state index in [4.69, 9.17) is 14.2 Å². The third kappa shape index (κ3) is 5.47. The van der Waals surface area contributed by atoms with E-state index in [1.165, 1.54) is 36.0 Å². The Labute approximate surface area is 163 Å². The maximum absolute atomic E-state index is 12.2. The van der Waals surface area contributed by atoms with Crippen LogP contribution in [0.5, 0.6) is 11.5 Å². The summed E-state index contributed by atoms with van der Waals surface area (Å²) in [6.07, 6.45) is 2.84. The monoisotopic (exact) mass is 391 g/mol. The fourth-order valence-corrected chi connectivity index (χ4v) is 3.87. The minimum atomic E-state index is -0.473. The van der Waals surface area contributed by atoms with Crippen molar-refractivity contribution in [2.45, 2.75) is 33.1 Å². The molecule has 0 bridgehead atoms. The highest BCUT2D eigenvalue weighted by molar-refractivity contribution is 7.14. The molecule has 0 saturated heterocycles. The number of thiophene rings is 1. The number of hydrogen-bond acceptors (Lipinski definition) is 6. The molecule has 146 valence electrons. The predicted octanol–water partition coefficient (Wildman–Crippen LogP) is 4.08. The number of benzene rings is 1. The quantitative estimate of drug-likeness (QED) is 0.652. The van der Waals surface area contributed by atoms with Gasteiger partial charge in [-0.1, -0.05) is 20.3 Å². The first-order chi connectivity index (χ1) is 13.0. The van der Waals surface area contributed by atoms with E-state index in [2.05, 4.69) is 19.2 Å². The molecule has 2 rings (SSSR count). The van der Waals surface area contributed by atoms with Gasteiger partial charge in [0.05, 0.1) is 14.2 Å².